The van der Waals surface area contributed by atoms with Gasteiger partial charge in [0.05, 0.1) is 0 Å². The van der Waals surface area contributed by atoms with E-state index in [4.69, 9.17) is 0 Å². The lowest BCUT2D eigenvalue weighted by Gasteiger charge is -2.33. The van der Waals surface area contributed by atoms with Gasteiger partial charge in [0.1, 0.15) is 0 Å². The largest absolute Gasteiger partial charge is 0.299 e. The average Bonchev–Trinajstić information content (AvgIpc) is 2.64. The Morgan fingerprint density at radius 3 is 2.50 bits per heavy atom. The predicted octanol–water partition coefficient (Wildman–Crippen LogP) is 5.48. The van der Waals surface area contributed by atoms with Crippen molar-refractivity contribution in [2.45, 2.75) is 36.0 Å². The maximum Gasteiger partial charge on any atom is 0.0280 e. The molecular formula is C22H25NS. The fraction of sp³-hybridized carbons (Fsp3) is 0.364. The van der Waals surface area contributed by atoms with Gasteiger partial charge in [0.25, 0.3) is 0 Å². The molecule has 1 atom stereocenters. The summed E-state index contributed by atoms with van der Waals surface area (Å²) in [4.78, 5) is 4.07. The summed E-state index contributed by atoms with van der Waals surface area (Å²) < 4.78 is 0. The van der Waals surface area contributed by atoms with Crippen LogP contribution in [0.1, 0.15) is 30.4 Å². The summed E-state index contributed by atoms with van der Waals surface area (Å²) in [5, 5.41) is 0.658. The second-order valence-corrected chi connectivity index (χ2v) is 8.28. The molecule has 1 saturated heterocycles. The van der Waals surface area contributed by atoms with Crippen LogP contribution < -0.4 is 0 Å². The van der Waals surface area contributed by atoms with Gasteiger partial charge < -0.3 is 0 Å². The van der Waals surface area contributed by atoms with Crippen molar-refractivity contribution < 1.29 is 0 Å². The van der Waals surface area contributed by atoms with Crippen LogP contribution in [0.25, 0.3) is 6.08 Å². The number of rotatable bonds is 4. The van der Waals surface area contributed by atoms with E-state index in [9.17, 15) is 0 Å². The maximum absolute atomic E-state index is 2.62. The Kier molecular flexibility index (Phi) is 5.05. The molecule has 0 N–H and O–H groups in total. The zero-order valence-corrected chi connectivity index (χ0v) is 14.9. The highest BCUT2D eigenvalue weighted by molar-refractivity contribution is 8.00. The molecule has 24 heavy (non-hydrogen) atoms. The Hall–Kier alpha value is -1.51. The molecule has 4 rings (SSSR count). The molecule has 1 unspecified atom stereocenters. The normalized spacial score (nSPS) is 21.6. The third-order valence-corrected chi connectivity index (χ3v) is 6.49. The Bertz CT molecular complexity index is 686. The number of likely N-dealkylation sites (tertiary alicyclic amines) is 1. The molecular weight excluding hydrogens is 310 g/mol. The summed E-state index contributed by atoms with van der Waals surface area (Å²) in [6, 6.07) is 19.6. The van der Waals surface area contributed by atoms with Gasteiger partial charge in [-0.25, -0.2) is 0 Å². The number of fused-ring (bicyclic) bond motifs is 1. The number of thioether (sulfide) groups is 1. The topological polar surface area (TPSA) is 3.24 Å². The molecule has 2 aromatic rings. The van der Waals surface area contributed by atoms with Crippen molar-refractivity contribution in [1.29, 1.82) is 0 Å². The van der Waals surface area contributed by atoms with Crippen molar-refractivity contribution in [3.8, 4) is 0 Å². The molecule has 0 spiro atoms. The third-order valence-electron chi connectivity index (χ3n) is 5.21. The SMILES string of the molecule is C1=CC(CC2CCN(Cc3ccccc3)CC2)Sc2ccccc21. The first kappa shape index (κ1) is 16.0. The number of nitrogens with zero attached hydrogens (tertiary/aromatic N) is 1. The van der Waals surface area contributed by atoms with Crippen LogP contribution in [-0.2, 0) is 6.54 Å². The lowest BCUT2D eigenvalue weighted by atomic mass is 9.91. The number of hydrogen-bond acceptors (Lipinski definition) is 2. The van der Waals surface area contributed by atoms with Gasteiger partial charge in [0, 0.05) is 16.7 Å². The lowest BCUT2D eigenvalue weighted by Crippen LogP contribution is -2.34. The molecule has 2 aliphatic rings. The third kappa shape index (κ3) is 3.93. The molecule has 2 aromatic carbocycles. The summed E-state index contributed by atoms with van der Waals surface area (Å²) in [6.07, 6.45) is 8.76. The van der Waals surface area contributed by atoms with Crippen LogP contribution in [0.5, 0.6) is 0 Å². The number of benzene rings is 2. The molecule has 1 fully saturated rings. The van der Waals surface area contributed by atoms with E-state index < -0.39 is 0 Å². The molecule has 1 nitrogen and oxygen atoms in total. The highest BCUT2D eigenvalue weighted by Crippen LogP contribution is 2.37. The van der Waals surface area contributed by atoms with Crippen LogP contribution in [0.3, 0.4) is 0 Å². The fourth-order valence-corrected chi connectivity index (χ4v) is 5.10. The first-order valence-corrected chi connectivity index (χ1v) is 9.95. The van der Waals surface area contributed by atoms with E-state index >= 15 is 0 Å². The van der Waals surface area contributed by atoms with Gasteiger partial charge >= 0.3 is 0 Å². The van der Waals surface area contributed by atoms with E-state index in [1.165, 1.54) is 48.4 Å². The molecule has 0 aromatic heterocycles. The Balaban J connectivity index is 1.27. The van der Waals surface area contributed by atoms with Crippen LogP contribution >= 0.6 is 11.8 Å². The monoisotopic (exact) mass is 335 g/mol. The summed E-state index contributed by atoms with van der Waals surface area (Å²) >= 11 is 2.05. The van der Waals surface area contributed by atoms with E-state index in [1.807, 2.05) is 0 Å². The minimum Gasteiger partial charge on any atom is -0.299 e. The van der Waals surface area contributed by atoms with E-state index in [-0.39, 0.29) is 0 Å². The second kappa shape index (κ2) is 7.58. The highest BCUT2D eigenvalue weighted by atomic mass is 32.2. The molecule has 2 aliphatic heterocycles. The zero-order valence-electron chi connectivity index (χ0n) is 14.1. The van der Waals surface area contributed by atoms with Crippen LogP contribution in [0.2, 0.25) is 0 Å². The van der Waals surface area contributed by atoms with Crippen molar-refractivity contribution in [2.75, 3.05) is 13.1 Å². The molecule has 0 amide bonds. The van der Waals surface area contributed by atoms with Gasteiger partial charge in [-0.2, -0.15) is 0 Å². The van der Waals surface area contributed by atoms with Crippen molar-refractivity contribution >= 4 is 17.8 Å². The van der Waals surface area contributed by atoms with Crippen molar-refractivity contribution in [3.63, 3.8) is 0 Å². The van der Waals surface area contributed by atoms with Crippen molar-refractivity contribution in [2.24, 2.45) is 5.92 Å². The minimum absolute atomic E-state index is 0.658. The maximum atomic E-state index is 2.62. The Morgan fingerprint density at radius 1 is 0.917 bits per heavy atom. The number of hydrogen-bond donors (Lipinski definition) is 0. The standard InChI is InChI=1S/C22H25NS/c1-2-6-19(7-3-1)17-23-14-12-18(13-15-23)16-21-11-10-20-8-4-5-9-22(20)24-21/h1-11,18,21H,12-17H2. The fourth-order valence-electron chi connectivity index (χ4n) is 3.82. The quantitative estimate of drug-likeness (QED) is 0.728. The molecule has 0 saturated carbocycles. The first-order valence-electron chi connectivity index (χ1n) is 9.07. The van der Waals surface area contributed by atoms with Gasteiger partial charge in [0.2, 0.25) is 0 Å². The van der Waals surface area contributed by atoms with Crippen molar-refractivity contribution in [3.05, 3.63) is 71.8 Å². The average molecular weight is 336 g/mol. The van der Waals surface area contributed by atoms with E-state index in [0.717, 1.165) is 12.5 Å². The van der Waals surface area contributed by atoms with Crippen LogP contribution in [-0.4, -0.2) is 23.2 Å². The van der Waals surface area contributed by atoms with Crippen molar-refractivity contribution in [1.82, 2.24) is 4.90 Å². The summed E-state index contributed by atoms with van der Waals surface area (Å²) in [6.45, 7) is 3.60. The lowest BCUT2D eigenvalue weighted by molar-refractivity contribution is 0.173. The summed E-state index contributed by atoms with van der Waals surface area (Å²) in [5.74, 6) is 0.879. The number of piperidine rings is 1. The van der Waals surface area contributed by atoms with Crippen LogP contribution in [0.15, 0.2) is 65.6 Å². The molecule has 0 bridgehead atoms. The van der Waals surface area contributed by atoms with E-state index in [2.05, 4.69) is 83.4 Å². The Labute approximate surface area is 149 Å². The molecule has 124 valence electrons. The van der Waals surface area contributed by atoms with Crippen LogP contribution in [0.4, 0.5) is 0 Å². The van der Waals surface area contributed by atoms with Gasteiger partial charge in [0.15, 0.2) is 0 Å². The molecule has 0 radical (unpaired) electrons. The zero-order chi connectivity index (χ0) is 16.2. The van der Waals surface area contributed by atoms with Gasteiger partial charge in [-0.3, -0.25) is 4.90 Å². The van der Waals surface area contributed by atoms with E-state index in [1.54, 1.807) is 0 Å². The predicted molar refractivity (Wildman–Crippen MR) is 104 cm³/mol. The Morgan fingerprint density at radius 2 is 1.67 bits per heavy atom. The van der Waals surface area contributed by atoms with Gasteiger partial charge in [-0.1, -0.05) is 60.7 Å². The van der Waals surface area contributed by atoms with Crippen LogP contribution in [0, 0.1) is 5.92 Å². The van der Waals surface area contributed by atoms with Gasteiger partial charge in [-0.15, -0.1) is 11.8 Å². The molecule has 2 heterocycles. The smallest absolute Gasteiger partial charge is 0.0280 e. The second-order valence-electron chi connectivity index (χ2n) is 6.99. The van der Waals surface area contributed by atoms with Gasteiger partial charge in [-0.05, 0) is 55.5 Å². The minimum atomic E-state index is 0.658. The molecule has 2 heteroatoms. The highest BCUT2D eigenvalue weighted by Gasteiger charge is 2.23. The summed E-state index contributed by atoms with van der Waals surface area (Å²) in [7, 11) is 0. The van der Waals surface area contributed by atoms with E-state index in [0.29, 0.717) is 5.25 Å². The molecule has 0 aliphatic carbocycles. The first-order chi connectivity index (χ1) is 11.9. The summed E-state index contributed by atoms with van der Waals surface area (Å²) in [5.41, 5.74) is 2.83.